The molecule has 0 aromatic carbocycles. The van der Waals surface area contributed by atoms with E-state index >= 15 is 0 Å². The molecule has 24 heavy (non-hydrogen) atoms. The minimum absolute atomic E-state index is 0. The number of rotatable bonds is 3. The molecule has 2 bridgehead atoms. The van der Waals surface area contributed by atoms with Crippen LogP contribution in [0, 0.1) is 0 Å². The highest BCUT2D eigenvalue weighted by atomic mass is 35.5. The molecular weight excluding hydrogens is 348 g/mol. The van der Waals surface area contributed by atoms with Gasteiger partial charge in [0.15, 0.2) is 0 Å². The average molecular weight is 369 g/mol. The molecule has 130 valence electrons. The van der Waals surface area contributed by atoms with Gasteiger partial charge in [-0.1, -0.05) is 0 Å². The van der Waals surface area contributed by atoms with Crippen molar-refractivity contribution in [2.75, 3.05) is 7.05 Å². The summed E-state index contributed by atoms with van der Waals surface area (Å²) in [6.07, 6.45) is 5.92. The third-order valence-electron chi connectivity index (χ3n) is 5.15. The first-order valence-electron chi connectivity index (χ1n) is 8.06. The molecule has 2 aliphatic heterocycles. The predicted molar refractivity (Wildman–Crippen MR) is 96.9 cm³/mol. The fourth-order valence-electron chi connectivity index (χ4n) is 3.81. The summed E-state index contributed by atoms with van der Waals surface area (Å²) in [5.74, 6) is -0.0187. The summed E-state index contributed by atoms with van der Waals surface area (Å²) in [5.41, 5.74) is -0.136. The first-order chi connectivity index (χ1) is 11.1. The van der Waals surface area contributed by atoms with Crippen LogP contribution in [0.4, 0.5) is 0 Å². The first-order valence-corrected chi connectivity index (χ1v) is 8.94. The second-order valence-corrected chi connectivity index (χ2v) is 7.48. The van der Waals surface area contributed by atoms with Crippen LogP contribution in [0.1, 0.15) is 25.7 Å². The summed E-state index contributed by atoms with van der Waals surface area (Å²) in [6.45, 7) is 0.0629. The minimum atomic E-state index is -0.136. The summed E-state index contributed by atoms with van der Waals surface area (Å²) in [4.78, 5) is 31.8. The predicted octanol–water partition coefficient (Wildman–Crippen LogP) is 1.62. The molecule has 1 N–H and O–H groups in total. The zero-order chi connectivity index (χ0) is 16.0. The molecule has 0 radical (unpaired) electrons. The molecule has 4 heterocycles. The van der Waals surface area contributed by atoms with Gasteiger partial charge < -0.3 is 10.2 Å². The molecule has 2 aliphatic rings. The minimum Gasteiger partial charge on any atom is -0.341 e. The summed E-state index contributed by atoms with van der Waals surface area (Å²) in [6, 6.07) is 3.13. The molecule has 8 heteroatoms. The highest BCUT2D eigenvalue weighted by molar-refractivity contribution is 7.16. The van der Waals surface area contributed by atoms with Crippen molar-refractivity contribution in [3.8, 4) is 0 Å². The van der Waals surface area contributed by atoms with Gasteiger partial charge in [0.05, 0.1) is 11.7 Å². The largest absolute Gasteiger partial charge is 0.341 e. The normalized spacial score (nSPS) is 25.5. The van der Waals surface area contributed by atoms with Crippen molar-refractivity contribution in [2.24, 2.45) is 0 Å². The number of likely N-dealkylation sites (N-methyl/N-ethyl adjacent to an activating group) is 1. The second kappa shape index (κ2) is 6.82. The van der Waals surface area contributed by atoms with Gasteiger partial charge in [0, 0.05) is 25.2 Å². The number of carbonyl (C=O) groups is 1. The lowest BCUT2D eigenvalue weighted by Crippen LogP contribution is -2.49. The Labute approximate surface area is 150 Å². The lowest BCUT2D eigenvalue weighted by atomic mass is 9.98. The van der Waals surface area contributed by atoms with E-state index in [0.717, 1.165) is 17.7 Å². The zero-order valence-corrected chi connectivity index (χ0v) is 15.1. The third kappa shape index (κ3) is 3.08. The number of halogens is 1. The van der Waals surface area contributed by atoms with Crippen LogP contribution < -0.4 is 10.9 Å². The summed E-state index contributed by atoms with van der Waals surface area (Å²) in [5, 5.41) is 6.03. The number of nitrogens with zero attached hydrogens (tertiary/aromatic N) is 3. The highest BCUT2D eigenvalue weighted by Gasteiger charge is 2.36. The average Bonchev–Trinajstić information content (AvgIpc) is 3.16. The van der Waals surface area contributed by atoms with Crippen molar-refractivity contribution in [1.82, 2.24) is 19.8 Å². The fraction of sp³-hybridized carbons (Fsp3) is 0.562. The molecule has 0 saturated carbocycles. The van der Waals surface area contributed by atoms with Gasteiger partial charge in [0.2, 0.25) is 5.91 Å². The Balaban J connectivity index is 0.00000169. The topological polar surface area (TPSA) is 67.2 Å². The molecule has 0 spiro atoms. The molecule has 0 aliphatic carbocycles. The van der Waals surface area contributed by atoms with E-state index in [1.165, 1.54) is 35.1 Å². The van der Waals surface area contributed by atoms with Crippen LogP contribution in [-0.4, -0.2) is 45.5 Å². The van der Waals surface area contributed by atoms with Gasteiger partial charge in [-0.15, -0.1) is 23.7 Å². The van der Waals surface area contributed by atoms with Crippen LogP contribution in [0.25, 0.3) is 10.2 Å². The molecule has 2 saturated heterocycles. The van der Waals surface area contributed by atoms with Gasteiger partial charge in [-0.3, -0.25) is 14.2 Å². The number of carbonyl (C=O) groups excluding carboxylic acids is 1. The van der Waals surface area contributed by atoms with Gasteiger partial charge >= 0.3 is 0 Å². The van der Waals surface area contributed by atoms with Crippen LogP contribution in [0.5, 0.6) is 0 Å². The van der Waals surface area contributed by atoms with E-state index in [9.17, 15) is 9.59 Å². The highest BCUT2D eigenvalue weighted by Crippen LogP contribution is 2.29. The smallest absolute Gasteiger partial charge is 0.262 e. The third-order valence-corrected chi connectivity index (χ3v) is 5.97. The molecule has 2 aromatic heterocycles. The standard InChI is InChI=1S/C16H20N4O2S.ClH/c1-19(12-6-10-2-3-11(7-12)18-10)14(21)8-20-9-17-15-13(16(20)22)4-5-23-15;/h4-5,9-12,18H,2-3,6-8H2,1H3;1H. The van der Waals surface area contributed by atoms with Crippen molar-refractivity contribution in [2.45, 2.75) is 50.4 Å². The van der Waals surface area contributed by atoms with E-state index in [2.05, 4.69) is 10.3 Å². The van der Waals surface area contributed by atoms with Gasteiger partial charge in [-0.2, -0.15) is 0 Å². The van der Waals surface area contributed by atoms with Crippen molar-refractivity contribution in [3.63, 3.8) is 0 Å². The maximum absolute atomic E-state index is 12.6. The van der Waals surface area contributed by atoms with Crippen LogP contribution in [0.2, 0.25) is 0 Å². The zero-order valence-electron chi connectivity index (χ0n) is 13.5. The lowest BCUT2D eigenvalue weighted by molar-refractivity contribution is -0.133. The number of hydrogen-bond acceptors (Lipinski definition) is 5. The van der Waals surface area contributed by atoms with Crippen LogP contribution in [0.15, 0.2) is 22.6 Å². The number of hydrogen-bond donors (Lipinski definition) is 1. The molecule has 2 fully saturated rings. The molecule has 1 amide bonds. The number of nitrogens with one attached hydrogen (secondary N) is 1. The molecule has 2 atom stereocenters. The van der Waals surface area contributed by atoms with E-state index in [-0.39, 0.29) is 36.5 Å². The van der Waals surface area contributed by atoms with E-state index in [0.29, 0.717) is 17.5 Å². The Kier molecular flexibility index (Phi) is 4.94. The Hall–Kier alpha value is -1.44. The summed E-state index contributed by atoms with van der Waals surface area (Å²) in [7, 11) is 1.86. The van der Waals surface area contributed by atoms with Crippen molar-refractivity contribution in [1.29, 1.82) is 0 Å². The van der Waals surface area contributed by atoms with E-state index in [4.69, 9.17) is 0 Å². The van der Waals surface area contributed by atoms with Gasteiger partial charge in [0.25, 0.3) is 5.56 Å². The Morgan fingerprint density at radius 2 is 2.12 bits per heavy atom. The number of amides is 1. The lowest BCUT2D eigenvalue weighted by Gasteiger charge is -2.35. The quantitative estimate of drug-likeness (QED) is 0.894. The molecule has 4 rings (SSSR count). The summed E-state index contributed by atoms with van der Waals surface area (Å²) >= 11 is 1.44. The molecule has 2 aromatic rings. The second-order valence-electron chi connectivity index (χ2n) is 6.58. The van der Waals surface area contributed by atoms with Gasteiger partial charge in [0.1, 0.15) is 11.4 Å². The van der Waals surface area contributed by atoms with E-state index in [1.807, 2.05) is 17.3 Å². The maximum Gasteiger partial charge on any atom is 0.262 e. The van der Waals surface area contributed by atoms with Crippen molar-refractivity contribution >= 4 is 39.9 Å². The van der Waals surface area contributed by atoms with E-state index in [1.54, 1.807) is 6.07 Å². The van der Waals surface area contributed by atoms with Crippen molar-refractivity contribution in [3.05, 3.63) is 28.1 Å². The Morgan fingerprint density at radius 3 is 2.83 bits per heavy atom. The number of thiophene rings is 1. The van der Waals surface area contributed by atoms with Crippen LogP contribution in [-0.2, 0) is 11.3 Å². The van der Waals surface area contributed by atoms with Crippen LogP contribution in [0.3, 0.4) is 0 Å². The van der Waals surface area contributed by atoms with Gasteiger partial charge in [-0.25, -0.2) is 4.98 Å². The molecular formula is C16H21ClN4O2S. The first kappa shape index (κ1) is 17.4. The van der Waals surface area contributed by atoms with Crippen molar-refractivity contribution < 1.29 is 4.79 Å². The van der Waals surface area contributed by atoms with Crippen LogP contribution >= 0.6 is 23.7 Å². The fourth-order valence-corrected chi connectivity index (χ4v) is 4.53. The number of piperidine rings is 1. The Morgan fingerprint density at radius 1 is 1.42 bits per heavy atom. The Bertz CT molecular complexity index is 793. The summed E-state index contributed by atoms with van der Waals surface area (Å²) < 4.78 is 1.42. The van der Waals surface area contributed by atoms with Gasteiger partial charge in [-0.05, 0) is 37.1 Å². The monoisotopic (exact) mass is 368 g/mol. The maximum atomic E-state index is 12.6. The van der Waals surface area contributed by atoms with E-state index < -0.39 is 0 Å². The SMILES string of the molecule is CN(C(=O)Cn1cnc2sccc2c1=O)C1CC2CCC(C1)N2.Cl. The number of fused-ring (bicyclic) bond motifs is 3. The number of aromatic nitrogens is 2. The molecule has 6 nitrogen and oxygen atoms in total. The molecule has 2 unspecified atom stereocenters.